The van der Waals surface area contributed by atoms with E-state index in [0.717, 1.165) is 0 Å². The molecule has 2 atom stereocenters. The molecule has 0 saturated carbocycles. The first-order valence-electron chi connectivity index (χ1n) is 6.51. The number of sulfonamides is 1. The molecular weight excluding hydrogens is 300 g/mol. The number of fused-ring (bicyclic) bond motifs is 1. The molecule has 0 aromatic carbocycles. The third-order valence-electron chi connectivity index (χ3n) is 3.95. The highest BCUT2D eigenvalue weighted by Crippen LogP contribution is 2.34. The minimum absolute atomic E-state index is 0.0265. The molecule has 0 radical (unpaired) electrons. The maximum Gasteiger partial charge on any atom is 0.318 e. The first kappa shape index (κ1) is 14.2. The summed E-state index contributed by atoms with van der Waals surface area (Å²) >= 11 is 0. The van der Waals surface area contributed by atoms with Crippen molar-refractivity contribution in [3.63, 3.8) is 0 Å². The molecule has 0 N–H and O–H groups in total. The van der Waals surface area contributed by atoms with Crippen LogP contribution in [0.2, 0.25) is 0 Å². The molecular formula is C12H14N2O6S. The Morgan fingerprint density at radius 3 is 2.48 bits per heavy atom. The first-order chi connectivity index (χ1) is 9.82. The van der Waals surface area contributed by atoms with Crippen LogP contribution in [0.5, 0.6) is 0 Å². The lowest BCUT2D eigenvalue weighted by Crippen LogP contribution is -2.45. The van der Waals surface area contributed by atoms with Crippen molar-refractivity contribution in [1.29, 1.82) is 0 Å². The maximum absolute atomic E-state index is 12.7. The fourth-order valence-corrected chi connectivity index (χ4v) is 4.66. The van der Waals surface area contributed by atoms with Gasteiger partial charge in [0.1, 0.15) is 10.6 Å². The molecule has 0 bridgehead atoms. The summed E-state index contributed by atoms with van der Waals surface area (Å²) in [6, 6.07) is 0. The second-order valence-electron chi connectivity index (χ2n) is 5.26. The number of ether oxygens (including phenoxy) is 1. The van der Waals surface area contributed by atoms with Crippen LogP contribution in [0.3, 0.4) is 0 Å². The van der Waals surface area contributed by atoms with Crippen molar-refractivity contribution in [1.82, 2.24) is 9.46 Å². The quantitative estimate of drug-likeness (QED) is 0.558. The number of nitrogens with zero attached hydrogens (tertiary/aromatic N) is 2. The standard InChI is InChI=1S/C12H14N2O6S/c1-6-10(7(2)20-13-6)21(17,18)14-4-3-8-9(5-14)12(16)19-11(8)15/h8-9H,3-5H2,1-2H3. The first-order valence-corrected chi connectivity index (χ1v) is 7.95. The average Bonchev–Trinajstić information content (AvgIpc) is 2.90. The Balaban J connectivity index is 1.92. The third-order valence-corrected chi connectivity index (χ3v) is 6.06. The summed E-state index contributed by atoms with van der Waals surface area (Å²) in [5.41, 5.74) is 0.277. The Morgan fingerprint density at radius 1 is 1.19 bits per heavy atom. The molecule has 8 nitrogen and oxygen atoms in total. The van der Waals surface area contributed by atoms with Crippen LogP contribution >= 0.6 is 0 Å². The van der Waals surface area contributed by atoms with E-state index in [2.05, 4.69) is 9.89 Å². The fraction of sp³-hybridized carbons (Fsp3) is 0.583. The summed E-state index contributed by atoms with van der Waals surface area (Å²) in [7, 11) is -3.80. The molecule has 1 aromatic rings. The average molecular weight is 314 g/mol. The van der Waals surface area contributed by atoms with Gasteiger partial charge >= 0.3 is 11.9 Å². The molecule has 2 aliphatic heterocycles. The van der Waals surface area contributed by atoms with Crippen LogP contribution in [0, 0.1) is 25.7 Å². The Labute approximate surface area is 121 Å². The second-order valence-corrected chi connectivity index (χ2v) is 7.13. The number of carbonyl (C=O) groups excluding carboxylic acids is 2. The van der Waals surface area contributed by atoms with E-state index in [-0.39, 0.29) is 35.9 Å². The van der Waals surface area contributed by atoms with Gasteiger partial charge in [-0.15, -0.1) is 0 Å². The van der Waals surface area contributed by atoms with Crippen LogP contribution in [0.25, 0.3) is 0 Å². The van der Waals surface area contributed by atoms with Gasteiger partial charge in [0.25, 0.3) is 0 Å². The van der Waals surface area contributed by atoms with Gasteiger partial charge in [-0.2, -0.15) is 4.31 Å². The van der Waals surface area contributed by atoms with Crippen LogP contribution in [0.4, 0.5) is 0 Å². The molecule has 0 amide bonds. The number of hydrogen-bond acceptors (Lipinski definition) is 7. The highest BCUT2D eigenvalue weighted by molar-refractivity contribution is 7.89. The van der Waals surface area contributed by atoms with E-state index < -0.39 is 33.8 Å². The molecule has 2 unspecified atom stereocenters. The number of carbonyl (C=O) groups is 2. The zero-order valence-electron chi connectivity index (χ0n) is 11.5. The summed E-state index contributed by atoms with van der Waals surface area (Å²) in [4.78, 5) is 23.1. The lowest BCUT2D eigenvalue weighted by molar-refractivity contribution is -0.153. The fourth-order valence-electron chi connectivity index (χ4n) is 2.88. The number of esters is 2. The summed E-state index contributed by atoms with van der Waals surface area (Å²) in [5, 5.41) is 3.64. The smallest absolute Gasteiger partial charge is 0.318 e. The molecule has 2 fully saturated rings. The van der Waals surface area contributed by atoms with Gasteiger partial charge in [-0.05, 0) is 20.3 Å². The Hall–Kier alpha value is -1.74. The lowest BCUT2D eigenvalue weighted by Gasteiger charge is -2.30. The van der Waals surface area contributed by atoms with Gasteiger partial charge in [0.2, 0.25) is 10.0 Å². The molecule has 2 saturated heterocycles. The van der Waals surface area contributed by atoms with Gasteiger partial charge < -0.3 is 9.26 Å². The van der Waals surface area contributed by atoms with Crippen LogP contribution in [-0.2, 0) is 24.3 Å². The Morgan fingerprint density at radius 2 is 1.86 bits per heavy atom. The monoisotopic (exact) mass is 314 g/mol. The zero-order chi connectivity index (χ0) is 15.4. The summed E-state index contributed by atoms with van der Waals surface area (Å²) in [6.07, 6.45) is 0.276. The number of aromatic nitrogens is 1. The Bertz CT molecular complexity index is 703. The van der Waals surface area contributed by atoms with Crippen molar-refractivity contribution in [2.24, 2.45) is 11.8 Å². The molecule has 21 heavy (non-hydrogen) atoms. The van der Waals surface area contributed by atoms with E-state index in [1.54, 1.807) is 6.92 Å². The van der Waals surface area contributed by atoms with Crippen molar-refractivity contribution in [2.75, 3.05) is 13.1 Å². The molecule has 0 aliphatic carbocycles. The van der Waals surface area contributed by atoms with Crippen LogP contribution < -0.4 is 0 Å². The summed E-state index contributed by atoms with van der Waals surface area (Å²) in [5.74, 6) is -2.25. The molecule has 0 spiro atoms. The highest BCUT2D eigenvalue weighted by atomic mass is 32.2. The number of aryl methyl sites for hydroxylation is 2. The van der Waals surface area contributed by atoms with Crippen LogP contribution in [0.15, 0.2) is 9.42 Å². The van der Waals surface area contributed by atoms with Gasteiger partial charge in [-0.3, -0.25) is 9.59 Å². The van der Waals surface area contributed by atoms with Gasteiger partial charge in [0.15, 0.2) is 5.76 Å². The van der Waals surface area contributed by atoms with E-state index in [1.165, 1.54) is 11.2 Å². The summed E-state index contributed by atoms with van der Waals surface area (Å²) < 4.78 is 36.0. The largest absolute Gasteiger partial charge is 0.393 e. The van der Waals surface area contributed by atoms with E-state index in [0.29, 0.717) is 0 Å². The molecule has 114 valence electrons. The van der Waals surface area contributed by atoms with Crippen molar-refractivity contribution < 1.29 is 27.3 Å². The van der Waals surface area contributed by atoms with E-state index in [9.17, 15) is 18.0 Å². The minimum Gasteiger partial charge on any atom is -0.393 e. The van der Waals surface area contributed by atoms with Crippen LogP contribution in [-0.4, -0.2) is 42.9 Å². The highest BCUT2D eigenvalue weighted by Gasteiger charge is 2.49. The SMILES string of the molecule is Cc1noc(C)c1S(=O)(=O)N1CCC2C(=O)OC(=O)C2C1. The van der Waals surface area contributed by atoms with E-state index >= 15 is 0 Å². The topological polar surface area (TPSA) is 107 Å². The molecule has 3 rings (SSSR count). The molecule has 3 heterocycles. The number of piperidine rings is 1. The lowest BCUT2D eigenvalue weighted by atomic mass is 9.89. The van der Waals surface area contributed by atoms with E-state index in [1.807, 2.05) is 0 Å². The van der Waals surface area contributed by atoms with Gasteiger partial charge in [-0.25, -0.2) is 8.42 Å². The normalized spacial score (nSPS) is 26.8. The van der Waals surface area contributed by atoms with Crippen molar-refractivity contribution in [2.45, 2.75) is 25.2 Å². The third kappa shape index (κ3) is 2.07. The van der Waals surface area contributed by atoms with Crippen molar-refractivity contribution in [3.05, 3.63) is 11.5 Å². The van der Waals surface area contributed by atoms with Crippen molar-refractivity contribution in [3.8, 4) is 0 Å². The van der Waals surface area contributed by atoms with Gasteiger partial charge in [0, 0.05) is 13.1 Å². The van der Waals surface area contributed by atoms with Crippen LogP contribution in [0.1, 0.15) is 17.9 Å². The van der Waals surface area contributed by atoms with Crippen molar-refractivity contribution >= 4 is 22.0 Å². The summed E-state index contributed by atoms with van der Waals surface area (Å²) in [6.45, 7) is 3.17. The minimum atomic E-state index is -3.80. The van der Waals surface area contributed by atoms with Gasteiger partial charge in [-0.1, -0.05) is 5.16 Å². The number of rotatable bonds is 2. The molecule has 9 heteroatoms. The van der Waals surface area contributed by atoms with Gasteiger partial charge in [0.05, 0.1) is 11.8 Å². The zero-order valence-corrected chi connectivity index (χ0v) is 12.3. The predicted octanol–water partition coefficient (Wildman–Crippen LogP) is 0.00164. The number of cyclic esters (lactones) is 2. The second kappa shape index (κ2) is 4.63. The molecule has 1 aromatic heterocycles. The van der Waals surface area contributed by atoms with E-state index in [4.69, 9.17) is 4.52 Å². The Kier molecular flexibility index (Phi) is 3.14. The maximum atomic E-state index is 12.7. The number of hydrogen-bond donors (Lipinski definition) is 0. The predicted molar refractivity (Wildman–Crippen MR) is 67.4 cm³/mol. The molecule has 2 aliphatic rings.